The number of hydrogen-bond donors (Lipinski definition) is 3. The van der Waals surface area contributed by atoms with Gasteiger partial charge in [-0.3, -0.25) is 0 Å². The number of cyclic esters (lactones) is 1. The van der Waals surface area contributed by atoms with Crippen LogP contribution in [0.25, 0.3) is 0 Å². The highest BCUT2D eigenvalue weighted by atomic mass is 16.6. The number of rotatable bonds is 25. The highest BCUT2D eigenvalue weighted by Crippen LogP contribution is 2.34. The lowest BCUT2D eigenvalue weighted by Crippen LogP contribution is -2.33. The molecule has 44 heavy (non-hydrogen) atoms. The van der Waals surface area contributed by atoms with Gasteiger partial charge in [0.25, 0.3) is 0 Å². The average molecular weight is 623 g/mol. The highest BCUT2D eigenvalue weighted by molar-refractivity contribution is 5.90. The van der Waals surface area contributed by atoms with Gasteiger partial charge in [-0.1, -0.05) is 96.8 Å². The number of aliphatic hydroxyl groups excluding tert-OH is 3. The van der Waals surface area contributed by atoms with E-state index in [1.54, 1.807) is 0 Å². The smallest absolute Gasteiger partial charge is 0.334 e. The summed E-state index contributed by atoms with van der Waals surface area (Å²) in [5.41, 5.74) is 0.840. The molecule has 256 valence electrons. The number of carbonyl (C=O) groups is 1. The van der Waals surface area contributed by atoms with Crippen LogP contribution < -0.4 is 0 Å². The van der Waals surface area contributed by atoms with Crippen molar-refractivity contribution in [2.24, 2.45) is 0 Å². The minimum atomic E-state index is -0.551. The van der Waals surface area contributed by atoms with E-state index in [1.165, 1.54) is 64.2 Å². The van der Waals surface area contributed by atoms with Crippen LogP contribution in [0.3, 0.4) is 0 Å². The summed E-state index contributed by atoms with van der Waals surface area (Å²) in [7, 11) is 0. The Morgan fingerprint density at radius 2 is 1.16 bits per heavy atom. The average Bonchev–Trinajstić information content (AvgIpc) is 3.76. The van der Waals surface area contributed by atoms with Gasteiger partial charge in [-0.2, -0.15) is 0 Å². The zero-order valence-corrected chi connectivity index (χ0v) is 28.1. The molecule has 0 spiro atoms. The molecule has 0 aromatic carbocycles. The summed E-state index contributed by atoms with van der Waals surface area (Å²) >= 11 is 0. The van der Waals surface area contributed by atoms with Gasteiger partial charge in [-0.25, -0.2) is 4.79 Å². The van der Waals surface area contributed by atoms with Gasteiger partial charge in [0.15, 0.2) is 0 Å². The van der Waals surface area contributed by atoms with E-state index in [0.29, 0.717) is 12.8 Å². The molecule has 3 aliphatic rings. The predicted molar refractivity (Wildman–Crippen MR) is 175 cm³/mol. The van der Waals surface area contributed by atoms with Gasteiger partial charge >= 0.3 is 5.97 Å². The van der Waals surface area contributed by atoms with Gasteiger partial charge in [-0.15, -0.1) is 0 Å². The van der Waals surface area contributed by atoms with Crippen molar-refractivity contribution in [3.05, 3.63) is 11.6 Å². The lowest BCUT2D eigenvalue weighted by atomic mass is 9.99. The maximum Gasteiger partial charge on any atom is 0.334 e. The second-order valence-corrected chi connectivity index (χ2v) is 14.0. The third kappa shape index (κ3) is 14.2. The van der Waals surface area contributed by atoms with E-state index in [2.05, 4.69) is 6.92 Å². The van der Waals surface area contributed by atoms with Crippen LogP contribution >= 0.6 is 0 Å². The lowest BCUT2D eigenvalue weighted by Gasteiger charge is -2.24. The van der Waals surface area contributed by atoms with Crippen molar-refractivity contribution < 1.29 is 34.3 Å². The summed E-state index contributed by atoms with van der Waals surface area (Å²) < 4.78 is 17.7. The molecule has 0 aromatic rings. The van der Waals surface area contributed by atoms with Crippen LogP contribution in [0.4, 0.5) is 0 Å². The van der Waals surface area contributed by atoms with E-state index in [9.17, 15) is 20.1 Å². The summed E-state index contributed by atoms with van der Waals surface area (Å²) in [4.78, 5) is 11.6. The second-order valence-electron chi connectivity index (χ2n) is 14.0. The van der Waals surface area contributed by atoms with E-state index in [1.807, 2.05) is 13.0 Å². The van der Waals surface area contributed by atoms with Crippen LogP contribution in [0.1, 0.15) is 168 Å². The number of ether oxygens (including phenoxy) is 3. The molecule has 0 bridgehead atoms. The Kier molecular flexibility index (Phi) is 18.5. The first kappa shape index (κ1) is 37.5. The number of hydrogen-bond acceptors (Lipinski definition) is 7. The van der Waals surface area contributed by atoms with E-state index in [4.69, 9.17) is 14.2 Å². The zero-order chi connectivity index (χ0) is 31.6. The Labute approximate surface area is 268 Å². The van der Waals surface area contributed by atoms with Crippen molar-refractivity contribution in [2.75, 3.05) is 0 Å². The highest BCUT2D eigenvalue weighted by Gasteiger charge is 2.40. The molecular weight excluding hydrogens is 556 g/mol. The number of unbranched alkanes of at least 4 members (excludes halogenated alkanes) is 13. The first-order valence-corrected chi connectivity index (χ1v) is 18.6. The standard InChI is InChI=1S/C37H66O7/c1-3-4-5-6-7-11-14-17-20-31(39)33-23-25-35(43-33)36-26-24-34(44-36)32(40)22-21-30(38)19-16-13-10-8-9-12-15-18-29-27-28(2)42-37(29)41/h27-28,30-36,38-40H,3-26H2,1-2H3/t28-,30?,31+,32+,33+,34+,35+,36+/m0/s1. The van der Waals surface area contributed by atoms with Crippen molar-refractivity contribution in [3.8, 4) is 0 Å². The van der Waals surface area contributed by atoms with Gasteiger partial charge in [0, 0.05) is 5.57 Å². The predicted octanol–water partition coefficient (Wildman–Crippen LogP) is 7.86. The summed E-state index contributed by atoms with van der Waals surface area (Å²) in [5.74, 6) is -0.142. The molecule has 3 aliphatic heterocycles. The fourth-order valence-corrected chi connectivity index (χ4v) is 7.25. The van der Waals surface area contributed by atoms with Crippen LogP contribution in [0, 0.1) is 0 Å². The first-order valence-electron chi connectivity index (χ1n) is 18.6. The quantitative estimate of drug-likeness (QED) is 0.0703. The van der Waals surface area contributed by atoms with Crippen LogP contribution in [-0.4, -0.2) is 70.1 Å². The van der Waals surface area contributed by atoms with Crippen LogP contribution in [-0.2, 0) is 19.0 Å². The van der Waals surface area contributed by atoms with Crippen molar-refractivity contribution >= 4 is 5.97 Å². The molecule has 8 atom stereocenters. The molecular formula is C37H66O7. The SMILES string of the molecule is CCCCCCCCCC[C@@H](O)[C@H]1CC[C@H]([C@H]2CC[C@H]([C@H](O)CCC(O)CCCCCCCCCC3=C[C@H](C)OC3=O)O2)O1. The lowest BCUT2D eigenvalue weighted by molar-refractivity contribution is -0.139. The summed E-state index contributed by atoms with van der Waals surface area (Å²) in [6.45, 7) is 4.15. The fraction of sp³-hybridized carbons (Fsp3) is 0.919. The van der Waals surface area contributed by atoms with Gasteiger partial charge < -0.3 is 29.5 Å². The largest absolute Gasteiger partial charge is 0.455 e. The van der Waals surface area contributed by atoms with Crippen LogP contribution in [0.15, 0.2) is 11.6 Å². The molecule has 3 heterocycles. The number of aliphatic hydroxyl groups is 3. The minimum Gasteiger partial charge on any atom is -0.455 e. The molecule has 3 N–H and O–H groups in total. The maximum absolute atomic E-state index is 11.6. The Morgan fingerprint density at radius 1 is 0.659 bits per heavy atom. The van der Waals surface area contributed by atoms with E-state index in [-0.39, 0.29) is 48.7 Å². The van der Waals surface area contributed by atoms with E-state index < -0.39 is 6.10 Å². The molecule has 7 heteroatoms. The Balaban J connectivity index is 1.15. The minimum absolute atomic E-state index is 0.0000945. The third-order valence-electron chi connectivity index (χ3n) is 10.1. The van der Waals surface area contributed by atoms with Gasteiger partial charge in [0.05, 0.1) is 42.7 Å². The summed E-state index contributed by atoms with van der Waals surface area (Å²) in [6.07, 6.45) is 25.5. The molecule has 1 unspecified atom stereocenters. The molecule has 2 fully saturated rings. The zero-order valence-electron chi connectivity index (χ0n) is 28.1. The molecule has 0 radical (unpaired) electrons. The molecule has 0 saturated carbocycles. The Bertz CT molecular complexity index is 801. The van der Waals surface area contributed by atoms with Gasteiger partial charge in [0.2, 0.25) is 0 Å². The number of carbonyl (C=O) groups excluding carboxylic acids is 1. The van der Waals surface area contributed by atoms with Crippen molar-refractivity contribution in [1.82, 2.24) is 0 Å². The second kappa shape index (κ2) is 21.7. The van der Waals surface area contributed by atoms with Gasteiger partial charge in [-0.05, 0) is 77.2 Å². The topological polar surface area (TPSA) is 105 Å². The molecule has 0 aliphatic carbocycles. The monoisotopic (exact) mass is 622 g/mol. The van der Waals surface area contributed by atoms with Crippen LogP contribution in [0.5, 0.6) is 0 Å². The number of esters is 1. The van der Waals surface area contributed by atoms with E-state index in [0.717, 1.165) is 82.6 Å². The molecule has 7 nitrogen and oxygen atoms in total. The Morgan fingerprint density at radius 3 is 1.70 bits per heavy atom. The first-order chi connectivity index (χ1) is 21.4. The maximum atomic E-state index is 11.6. The summed E-state index contributed by atoms with van der Waals surface area (Å²) in [5, 5.41) is 31.9. The van der Waals surface area contributed by atoms with Crippen molar-refractivity contribution in [3.63, 3.8) is 0 Å². The molecule has 2 saturated heterocycles. The molecule has 0 amide bonds. The fourth-order valence-electron chi connectivity index (χ4n) is 7.25. The summed E-state index contributed by atoms with van der Waals surface area (Å²) in [6, 6.07) is 0. The van der Waals surface area contributed by atoms with Crippen molar-refractivity contribution in [1.29, 1.82) is 0 Å². The molecule has 0 aromatic heterocycles. The van der Waals surface area contributed by atoms with Crippen LogP contribution in [0.2, 0.25) is 0 Å². The third-order valence-corrected chi connectivity index (χ3v) is 10.1. The molecule has 3 rings (SSSR count). The normalized spacial score (nSPS) is 27.4. The van der Waals surface area contributed by atoms with E-state index >= 15 is 0 Å². The van der Waals surface area contributed by atoms with Gasteiger partial charge in [0.1, 0.15) is 6.10 Å². The van der Waals surface area contributed by atoms with Crippen molar-refractivity contribution in [2.45, 2.75) is 217 Å². The Hall–Kier alpha value is -0.990.